The Morgan fingerprint density at radius 3 is 3.00 bits per heavy atom. The van der Waals surface area contributed by atoms with E-state index in [-0.39, 0.29) is 5.91 Å². The normalized spacial score (nSPS) is 14.8. The first-order valence-electron chi connectivity index (χ1n) is 6.00. The number of carbonyl (C=O) groups is 1. The van der Waals surface area contributed by atoms with Crippen molar-refractivity contribution in [3.63, 3.8) is 0 Å². The topological polar surface area (TPSA) is 84.2 Å². The van der Waals surface area contributed by atoms with E-state index in [0.717, 1.165) is 16.9 Å². The first kappa shape index (κ1) is 11.6. The van der Waals surface area contributed by atoms with E-state index in [9.17, 15) is 4.79 Å². The highest BCUT2D eigenvalue weighted by Crippen LogP contribution is 2.34. The van der Waals surface area contributed by atoms with Gasteiger partial charge in [0.2, 0.25) is 5.91 Å². The summed E-state index contributed by atoms with van der Waals surface area (Å²) in [6.45, 7) is 0.409. The van der Waals surface area contributed by atoms with E-state index in [1.165, 1.54) is 0 Å². The van der Waals surface area contributed by atoms with Gasteiger partial charge in [-0.3, -0.25) is 9.89 Å². The number of nitrogens with one attached hydrogen (secondary N) is 1. The number of H-pyrrole nitrogens is 1. The van der Waals surface area contributed by atoms with Crippen LogP contribution in [0.4, 0.5) is 11.5 Å². The molecule has 6 heteroatoms. The number of aromatic nitrogens is 2. The largest absolute Gasteiger partial charge is 0.491 e. The molecule has 19 heavy (non-hydrogen) atoms. The van der Waals surface area contributed by atoms with Crippen LogP contribution in [0.5, 0.6) is 5.75 Å². The van der Waals surface area contributed by atoms with E-state index in [1.54, 1.807) is 18.0 Å². The van der Waals surface area contributed by atoms with Gasteiger partial charge in [-0.15, -0.1) is 0 Å². The molecule has 2 heterocycles. The molecule has 3 N–H and O–H groups in total. The molecule has 1 aliphatic rings. The zero-order valence-electron chi connectivity index (χ0n) is 10.5. The Morgan fingerprint density at radius 1 is 1.42 bits per heavy atom. The first-order valence-corrected chi connectivity index (χ1v) is 6.00. The predicted octanol–water partition coefficient (Wildman–Crippen LogP) is 1.40. The van der Waals surface area contributed by atoms with Gasteiger partial charge in [-0.2, -0.15) is 5.10 Å². The minimum absolute atomic E-state index is 0.0417. The molecule has 1 aromatic carbocycles. The minimum Gasteiger partial charge on any atom is -0.491 e. The number of carbonyl (C=O) groups excluding carboxylic acids is 1. The van der Waals surface area contributed by atoms with Gasteiger partial charge in [-0.25, -0.2) is 0 Å². The molecule has 0 unspecified atom stereocenters. The molecule has 1 amide bonds. The molecule has 0 atom stereocenters. The Kier molecular flexibility index (Phi) is 2.63. The van der Waals surface area contributed by atoms with Crippen LogP contribution in [-0.2, 0) is 4.79 Å². The SMILES string of the molecule is CN1C(=O)CCOc2ccc(-c3cc(N)n[nH]3)cc21. The van der Waals surface area contributed by atoms with Crippen LogP contribution < -0.4 is 15.4 Å². The summed E-state index contributed by atoms with van der Waals surface area (Å²) in [5.41, 5.74) is 8.07. The smallest absolute Gasteiger partial charge is 0.230 e. The van der Waals surface area contributed by atoms with Crippen molar-refractivity contribution in [3.8, 4) is 17.0 Å². The van der Waals surface area contributed by atoms with Crippen LogP contribution in [0.15, 0.2) is 24.3 Å². The standard InChI is InChI=1S/C13H14N4O2/c1-17-10-6-8(9-7-12(14)16-15-9)2-3-11(10)19-5-4-13(17)18/h2-3,6-7H,4-5H2,1H3,(H3,14,15,16). The molecule has 0 aliphatic carbocycles. The fourth-order valence-electron chi connectivity index (χ4n) is 2.10. The zero-order valence-corrected chi connectivity index (χ0v) is 10.5. The van der Waals surface area contributed by atoms with Gasteiger partial charge in [-0.05, 0) is 18.2 Å². The third kappa shape index (κ3) is 2.01. The molecule has 6 nitrogen and oxygen atoms in total. The van der Waals surface area contributed by atoms with E-state index in [2.05, 4.69) is 10.2 Å². The van der Waals surface area contributed by atoms with Gasteiger partial charge in [0, 0.05) is 18.7 Å². The van der Waals surface area contributed by atoms with E-state index in [1.807, 2.05) is 18.2 Å². The average molecular weight is 258 g/mol. The summed E-state index contributed by atoms with van der Waals surface area (Å²) in [4.78, 5) is 13.5. The average Bonchev–Trinajstić information content (AvgIpc) is 2.79. The molecule has 0 fully saturated rings. The maximum atomic E-state index is 11.8. The number of ether oxygens (including phenoxy) is 1. The molecule has 0 spiro atoms. The van der Waals surface area contributed by atoms with Crippen LogP contribution >= 0.6 is 0 Å². The van der Waals surface area contributed by atoms with Crippen LogP contribution in [0.2, 0.25) is 0 Å². The second-order valence-electron chi connectivity index (χ2n) is 4.44. The van der Waals surface area contributed by atoms with Crippen molar-refractivity contribution < 1.29 is 9.53 Å². The Balaban J connectivity index is 2.07. The predicted molar refractivity (Wildman–Crippen MR) is 72.0 cm³/mol. The number of anilines is 2. The maximum Gasteiger partial charge on any atom is 0.230 e. The highest BCUT2D eigenvalue weighted by molar-refractivity contribution is 5.95. The highest BCUT2D eigenvalue weighted by Gasteiger charge is 2.20. The van der Waals surface area contributed by atoms with Crippen molar-refractivity contribution >= 4 is 17.4 Å². The zero-order chi connectivity index (χ0) is 13.4. The molecule has 0 bridgehead atoms. The lowest BCUT2D eigenvalue weighted by atomic mass is 10.1. The van der Waals surface area contributed by atoms with Gasteiger partial charge < -0.3 is 15.4 Å². The number of aromatic amines is 1. The summed E-state index contributed by atoms with van der Waals surface area (Å²) in [5, 5.41) is 6.75. The van der Waals surface area contributed by atoms with E-state index in [0.29, 0.717) is 24.6 Å². The molecule has 3 rings (SSSR count). The van der Waals surface area contributed by atoms with Gasteiger partial charge in [0.15, 0.2) is 0 Å². The second kappa shape index (κ2) is 4.31. The molecule has 2 aromatic rings. The molecule has 1 aliphatic heterocycles. The number of benzene rings is 1. The van der Waals surface area contributed by atoms with E-state index in [4.69, 9.17) is 10.5 Å². The Hall–Kier alpha value is -2.50. The number of rotatable bonds is 1. The number of hydrogen-bond acceptors (Lipinski definition) is 4. The van der Waals surface area contributed by atoms with Crippen molar-refractivity contribution in [2.75, 3.05) is 24.3 Å². The number of hydrogen-bond donors (Lipinski definition) is 2. The van der Waals surface area contributed by atoms with Gasteiger partial charge in [0.05, 0.1) is 24.4 Å². The lowest BCUT2D eigenvalue weighted by molar-refractivity contribution is -0.118. The Labute approximate surface area is 110 Å². The van der Waals surface area contributed by atoms with Crippen molar-refractivity contribution in [1.82, 2.24) is 10.2 Å². The summed E-state index contributed by atoms with van der Waals surface area (Å²) in [7, 11) is 1.75. The Bertz CT molecular complexity index is 635. The van der Waals surface area contributed by atoms with Crippen molar-refractivity contribution in [1.29, 1.82) is 0 Å². The van der Waals surface area contributed by atoms with Crippen LogP contribution in [0.1, 0.15) is 6.42 Å². The maximum absolute atomic E-state index is 11.8. The van der Waals surface area contributed by atoms with Gasteiger partial charge in [-0.1, -0.05) is 0 Å². The number of fused-ring (bicyclic) bond motifs is 1. The number of nitrogen functional groups attached to an aromatic ring is 1. The summed E-state index contributed by atoms with van der Waals surface area (Å²) >= 11 is 0. The van der Waals surface area contributed by atoms with Crippen molar-refractivity contribution in [2.24, 2.45) is 0 Å². The fraction of sp³-hybridized carbons (Fsp3) is 0.231. The fourth-order valence-corrected chi connectivity index (χ4v) is 2.10. The summed E-state index contributed by atoms with van der Waals surface area (Å²) in [6, 6.07) is 7.42. The van der Waals surface area contributed by atoms with E-state index >= 15 is 0 Å². The monoisotopic (exact) mass is 258 g/mol. The molecule has 0 radical (unpaired) electrons. The number of nitrogens with two attached hydrogens (primary N) is 1. The molecule has 0 saturated heterocycles. The third-order valence-electron chi connectivity index (χ3n) is 3.18. The molecule has 98 valence electrons. The molecule has 0 saturated carbocycles. The van der Waals surface area contributed by atoms with Gasteiger partial charge in [0.1, 0.15) is 11.6 Å². The lowest BCUT2D eigenvalue weighted by Gasteiger charge is -2.17. The van der Waals surface area contributed by atoms with Crippen LogP contribution in [0.3, 0.4) is 0 Å². The highest BCUT2D eigenvalue weighted by atomic mass is 16.5. The number of nitrogens with zero attached hydrogens (tertiary/aromatic N) is 2. The molecular weight excluding hydrogens is 244 g/mol. The lowest BCUT2D eigenvalue weighted by Crippen LogP contribution is -2.25. The van der Waals surface area contributed by atoms with Crippen molar-refractivity contribution in [3.05, 3.63) is 24.3 Å². The summed E-state index contributed by atoms with van der Waals surface area (Å²) in [6.07, 6.45) is 0.386. The van der Waals surface area contributed by atoms with Crippen LogP contribution in [-0.4, -0.2) is 29.8 Å². The molecular formula is C13H14N4O2. The van der Waals surface area contributed by atoms with Crippen molar-refractivity contribution in [2.45, 2.75) is 6.42 Å². The minimum atomic E-state index is 0.0417. The van der Waals surface area contributed by atoms with Gasteiger partial charge >= 0.3 is 0 Å². The van der Waals surface area contributed by atoms with E-state index < -0.39 is 0 Å². The van der Waals surface area contributed by atoms with Crippen LogP contribution in [0, 0.1) is 0 Å². The first-order chi connectivity index (χ1) is 9.15. The van der Waals surface area contributed by atoms with Gasteiger partial charge in [0.25, 0.3) is 0 Å². The molecule has 1 aromatic heterocycles. The second-order valence-corrected chi connectivity index (χ2v) is 4.44. The number of amides is 1. The Morgan fingerprint density at radius 2 is 2.26 bits per heavy atom. The van der Waals surface area contributed by atoms with Crippen LogP contribution in [0.25, 0.3) is 11.3 Å². The third-order valence-corrected chi connectivity index (χ3v) is 3.18. The summed E-state index contributed by atoms with van der Waals surface area (Å²) < 4.78 is 5.57. The summed E-state index contributed by atoms with van der Waals surface area (Å²) in [5.74, 6) is 1.19. The quantitative estimate of drug-likeness (QED) is 0.809.